The third kappa shape index (κ3) is 3.61. The predicted octanol–water partition coefficient (Wildman–Crippen LogP) is 1.80. The maximum absolute atomic E-state index is 5.89. The fourth-order valence-electron chi connectivity index (χ4n) is 2.64. The molecule has 1 fully saturated rings. The molecule has 0 amide bonds. The van der Waals surface area contributed by atoms with Gasteiger partial charge in [-0.2, -0.15) is 0 Å². The second-order valence-electron chi connectivity index (χ2n) is 5.44. The van der Waals surface area contributed by atoms with Crippen molar-refractivity contribution in [1.82, 2.24) is 9.80 Å². The van der Waals surface area contributed by atoms with Crippen LogP contribution in [0, 0.1) is 0 Å². The summed E-state index contributed by atoms with van der Waals surface area (Å²) in [6.45, 7) is 5.89. The van der Waals surface area contributed by atoms with Gasteiger partial charge in [0.15, 0.2) is 0 Å². The van der Waals surface area contributed by atoms with E-state index in [1.807, 2.05) is 25.1 Å². The molecular formula is C15H25N3O. The minimum Gasteiger partial charge on any atom is -0.494 e. The third-order valence-corrected chi connectivity index (χ3v) is 3.76. The number of anilines is 1. The molecule has 2 N–H and O–H groups in total. The number of hydrogen-bond acceptors (Lipinski definition) is 4. The first-order valence-corrected chi connectivity index (χ1v) is 7.00. The van der Waals surface area contributed by atoms with Crippen molar-refractivity contribution < 1.29 is 4.74 Å². The summed E-state index contributed by atoms with van der Waals surface area (Å²) in [6, 6.07) is 6.58. The van der Waals surface area contributed by atoms with E-state index in [9.17, 15) is 0 Å². The normalized spacial score (nSPS) is 20.1. The van der Waals surface area contributed by atoms with Crippen molar-refractivity contribution >= 4 is 5.69 Å². The summed E-state index contributed by atoms with van der Waals surface area (Å²) in [5.74, 6) is 0.963. The Morgan fingerprint density at radius 1 is 1.42 bits per heavy atom. The molecule has 1 heterocycles. The first-order chi connectivity index (χ1) is 9.10. The molecule has 2 rings (SSSR count). The zero-order valence-electron chi connectivity index (χ0n) is 12.2. The lowest BCUT2D eigenvalue weighted by Gasteiger charge is -2.21. The topological polar surface area (TPSA) is 41.7 Å². The molecule has 1 atom stereocenters. The summed E-state index contributed by atoms with van der Waals surface area (Å²) in [7, 11) is 4.31. The lowest BCUT2D eigenvalue weighted by atomic mass is 10.1. The van der Waals surface area contributed by atoms with Gasteiger partial charge in [0.1, 0.15) is 5.75 Å². The number of likely N-dealkylation sites (tertiary alicyclic amines) is 1. The number of nitrogens with two attached hydrogens (primary N) is 1. The second-order valence-corrected chi connectivity index (χ2v) is 5.44. The summed E-state index contributed by atoms with van der Waals surface area (Å²) in [5.41, 5.74) is 7.89. The molecule has 0 aromatic heterocycles. The van der Waals surface area contributed by atoms with Crippen molar-refractivity contribution in [3.05, 3.63) is 23.8 Å². The highest BCUT2D eigenvalue weighted by molar-refractivity contribution is 5.47. The Labute approximate surface area is 116 Å². The molecule has 1 aliphatic rings. The van der Waals surface area contributed by atoms with Crippen molar-refractivity contribution in [2.24, 2.45) is 0 Å². The molecule has 1 aromatic rings. The van der Waals surface area contributed by atoms with Gasteiger partial charge in [-0.25, -0.2) is 0 Å². The summed E-state index contributed by atoms with van der Waals surface area (Å²) in [4.78, 5) is 4.78. The molecule has 1 aromatic carbocycles. The molecule has 1 unspecified atom stereocenters. The molecule has 0 spiro atoms. The van der Waals surface area contributed by atoms with Crippen LogP contribution in [0.2, 0.25) is 0 Å². The number of likely N-dealkylation sites (N-methyl/N-ethyl adjacent to an activating group) is 1. The lowest BCUT2D eigenvalue weighted by Crippen LogP contribution is -2.31. The van der Waals surface area contributed by atoms with Crippen LogP contribution in [-0.4, -0.2) is 49.6 Å². The average molecular weight is 263 g/mol. The van der Waals surface area contributed by atoms with Crippen molar-refractivity contribution in [1.29, 1.82) is 0 Å². The van der Waals surface area contributed by atoms with Crippen LogP contribution < -0.4 is 10.5 Å². The molecule has 1 saturated heterocycles. The summed E-state index contributed by atoms with van der Waals surface area (Å²) < 4.78 is 5.68. The van der Waals surface area contributed by atoms with Gasteiger partial charge in [0.05, 0.1) is 6.61 Å². The number of ether oxygens (including phenoxy) is 1. The van der Waals surface area contributed by atoms with Crippen LogP contribution in [0.3, 0.4) is 0 Å². The first kappa shape index (κ1) is 14.2. The van der Waals surface area contributed by atoms with Crippen LogP contribution in [0.5, 0.6) is 5.75 Å². The molecule has 0 saturated carbocycles. The number of hydrogen-bond donors (Lipinski definition) is 1. The zero-order chi connectivity index (χ0) is 13.8. The van der Waals surface area contributed by atoms with Gasteiger partial charge in [0, 0.05) is 36.9 Å². The minimum absolute atomic E-state index is 0.664. The van der Waals surface area contributed by atoms with Crippen molar-refractivity contribution in [2.45, 2.75) is 25.9 Å². The van der Waals surface area contributed by atoms with E-state index in [0.717, 1.165) is 31.1 Å². The van der Waals surface area contributed by atoms with Crippen molar-refractivity contribution in [3.63, 3.8) is 0 Å². The fraction of sp³-hybridized carbons (Fsp3) is 0.600. The molecular weight excluding hydrogens is 238 g/mol. The highest BCUT2D eigenvalue weighted by Crippen LogP contribution is 2.25. The van der Waals surface area contributed by atoms with Gasteiger partial charge in [-0.15, -0.1) is 0 Å². The lowest BCUT2D eigenvalue weighted by molar-refractivity contribution is 0.260. The van der Waals surface area contributed by atoms with E-state index in [4.69, 9.17) is 10.5 Å². The Balaban J connectivity index is 2.04. The molecule has 0 radical (unpaired) electrons. The summed E-state index contributed by atoms with van der Waals surface area (Å²) >= 11 is 0. The Kier molecular flexibility index (Phi) is 4.66. The van der Waals surface area contributed by atoms with Gasteiger partial charge in [-0.05, 0) is 45.6 Å². The van der Waals surface area contributed by atoms with Crippen LogP contribution in [0.4, 0.5) is 5.69 Å². The number of nitrogens with zero attached hydrogens (tertiary/aromatic N) is 2. The minimum atomic E-state index is 0.664. The van der Waals surface area contributed by atoms with E-state index < -0.39 is 0 Å². The highest BCUT2D eigenvalue weighted by atomic mass is 16.5. The molecule has 4 heteroatoms. The molecule has 19 heavy (non-hydrogen) atoms. The van der Waals surface area contributed by atoms with E-state index in [2.05, 4.69) is 23.9 Å². The van der Waals surface area contributed by atoms with Gasteiger partial charge < -0.3 is 15.4 Å². The third-order valence-electron chi connectivity index (χ3n) is 3.76. The Bertz CT molecular complexity index is 420. The van der Waals surface area contributed by atoms with E-state index in [1.54, 1.807) is 0 Å². The monoisotopic (exact) mass is 263 g/mol. The standard InChI is InChI=1S/C15H25N3O/c1-4-19-15-6-5-13(16)9-12(15)10-18-8-7-14(11-18)17(2)3/h5-6,9,14H,4,7-8,10-11,16H2,1-3H3. The smallest absolute Gasteiger partial charge is 0.123 e. The van der Waals surface area contributed by atoms with Gasteiger partial charge in [0.25, 0.3) is 0 Å². The molecule has 106 valence electrons. The summed E-state index contributed by atoms with van der Waals surface area (Å²) in [5, 5.41) is 0. The maximum atomic E-state index is 5.89. The van der Waals surface area contributed by atoms with E-state index in [0.29, 0.717) is 12.6 Å². The molecule has 4 nitrogen and oxygen atoms in total. The highest BCUT2D eigenvalue weighted by Gasteiger charge is 2.24. The van der Waals surface area contributed by atoms with Crippen LogP contribution in [-0.2, 0) is 6.54 Å². The Hall–Kier alpha value is -1.26. The van der Waals surface area contributed by atoms with Gasteiger partial charge in [-0.3, -0.25) is 4.90 Å². The first-order valence-electron chi connectivity index (χ1n) is 7.00. The fourth-order valence-corrected chi connectivity index (χ4v) is 2.64. The van der Waals surface area contributed by atoms with Crippen molar-refractivity contribution in [2.75, 3.05) is 39.5 Å². The number of benzene rings is 1. The number of rotatable bonds is 5. The predicted molar refractivity (Wildman–Crippen MR) is 79.4 cm³/mol. The second kappa shape index (κ2) is 6.26. The van der Waals surface area contributed by atoms with Crippen LogP contribution in [0.1, 0.15) is 18.9 Å². The van der Waals surface area contributed by atoms with E-state index in [1.165, 1.54) is 12.0 Å². The van der Waals surface area contributed by atoms with Gasteiger partial charge >= 0.3 is 0 Å². The Morgan fingerprint density at radius 3 is 2.84 bits per heavy atom. The van der Waals surface area contributed by atoms with E-state index >= 15 is 0 Å². The van der Waals surface area contributed by atoms with E-state index in [-0.39, 0.29) is 0 Å². The average Bonchev–Trinajstić information content (AvgIpc) is 2.81. The van der Waals surface area contributed by atoms with Crippen LogP contribution in [0.25, 0.3) is 0 Å². The van der Waals surface area contributed by atoms with Crippen LogP contribution >= 0.6 is 0 Å². The van der Waals surface area contributed by atoms with Gasteiger partial charge in [-0.1, -0.05) is 0 Å². The molecule has 0 bridgehead atoms. The SMILES string of the molecule is CCOc1ccc(N)cc1CN1CCC(N(C)C)C1. The molecule has 1 aliphatic heterocycles. The number of nitrogen functional groups attached to an aromatic ring is 1. The maximum Gasteiger partial charge on any atom is 0.123 e. The summed E-state index contributed by atoms with van der Waals surface area (Å²) in [6.07, 6.45) is 1.24. The van der Waals surface area contributed by atoms with Gasteiger partial charge in [0.2, 0.25) is 0 Å². The Morgan fingerprint density at radius 2 is 2.21 bits per heavy atom. The van der Waals surface area contributed by atoms with Crippen LogP contribution in [0.15, 0.2) is 18.2 Å². The quantitative estimate of drug-likeness (QED) is 0.823. The molecule has 0 aliphatic carbocycles. The largest absolute Gasteiger partial charge is 0.494 e. The van der Waals surface area contributed by atoms with Crippen molar-refractivity contribution in [3.8, 4) is 5.75 Å². The zero-order valence-corrected chi connectivity index (χ0v) is 12.2.